The first-order valence-electron chi connectivity index (χ1n) is 16.9. The molecule has 4 aromatic rings. The Hall–Kier alpha value is -5.48. The molecule has 10 N–H and O–H groups in total. The molecule has 2 fully saturated rings. The third-order valence-corrected chi connectivity index (χ3v) is 9.07. The average Bonchev–Trinajstić information content (AvgIpc) is 3.17. The number of carbonyl (C=O) groups excluding carboxylic acids is 1. The molecule has 6 rings (SSSR count). The van der Waals surface area contributed by atoms with Crippen LogP contribution in [0.5, 0.6) is 34.5 Å². The van der Waals surface area contributed by atoms with E-state index in [1.165, 1.54) is 55.7 Å². The fraction of sp³-hybridized carbons (Fsp3) is 0.351. The molecule has 19 heteroatoms. The van der Waals surface area contributed by atoms with Gasteiger partial charge in [-0.05, 0) is 48.0 Å². The molecule has 19 nitrogen and oxygen atoms in total. The van der Waals surface area contributed by atoms with E-state index >= 15 is 0 Å². The fourth-order valence-corrected chi connectivity index (χ4v) is 6.09. The van der Waals surface area contributed by atoms with E-state index in [0.29, 0.717) is 5.56 Å². The van der Waals surface area contributed by atoms with Crippen LogP contribution in [0, 0.1) is 0 Å². The topological polar surface area (TPSA) is 305 Å². The molecule has 2 aliphatic rings. The van der Waals surface area contributed by atoms with Gasteiger partial charge in [0.25, 0.3) is 0 Å². The van der Waals surface area contributed by atoms with Gasteiger partial charge in [0.05, 0.1) is 20.3 Å². The van der Waals surface area contributed by atoms with Crippen LogP contribution in [0.1, 0.15) is 5.56 Å². The highest BCUT2D eigenvalue weighted by Gasteiger charge is 2.50. The summed E-state index contributed by atoms with van der Waals surface area (Å²) in [6, 6.07) is 11.4. The monoisotopic (exact) mass is 786 g/mol. The van der Waals surface area contributed by atoms with Crippen LogP contribution in [0.2, 0.25) is 0 Å². The van der Waals surface area contributed by atoms with Gasteiger partial charge in [-0.1, -0.05) is 6.07 Å². The van der Waals surface area contributed by atoms with E-state index in [4.69, 9.17) is 32.8 Å². The van der Waals surface area contributed by atoms with Crippen molar-refractivity contribution in [1.29, 1.82) is 0 Å². The number of benzene rings is 3. The summed E-state index contributed by atoms with van der Waals surface area (Å²) < 4.78 is 39.0. The van der Waals surface area contributed by atoms with Gasteiger partial charge in [-0.2, -0.15) is 0 Å². The first-order chi connectivity index (χ1) is 26.7. The van der Waals surface area contributed by atoms with Crippen LogP contribution in [-0.4, -0.2) is 139 Å². The second kappa shape index (κ2) is 16.7. The SMILES string of the molecule is COc1cc(C=CC(=O)O[C@H]2[C@H](OC[C@H]3O[C@@H](Oc4c(-c5ccc(O)cc5)oc5cc(O)cc(O)c5c4=O)[C@H](O)[C@@H](O)[C@@H]3O)O[C@H](CO)[C@@H](O)[C@@H]2O)ccc1O. The van der Waals surface area contributed by atoms with Gasteiger partial charge in [0.2, 0.25) is 17.5 Å². The second-order valence-electron chi connectivity index (χ2n) is 12.8. The summed E-state index contributed by atoms with van der Waals surface area (Å²) >= 11 is 0. The zero-order valence-corrected chi connectivity index (χ0v) is 29.2. The van der Waals surface area contributed by atoms with Crippen LogP contribution in [0.25, 0.3) is 28.4 Å². The van der Waals surface area contributed by atoms with Crippen LogP contribution in [0.15, 0.2) is 69.9 Å². The van der Waals surface area contributed by atoms with Crippen molar-refractivity contribution in [3.8, 4) is 45.8 Å². The molecule has 56 heavy (non-hydrogen) atoms. The van der Waals surface area contributed by atoms with E-state index in [9.17, 15) is 60.7 Å². The van der Waals surface area contributed by atoms with Crippen molar-refractivity contribution in [1.82, 2.24) is 0 Å². The van der Waals surface area contributed by atoms with Crippen LogP contribution in [0.3, 0.4) is 0 Å². The number of carbonyl (C=O) groups is 1. The molecule has 0 radical (unpaired) electrons. The number of esters is 1. The largest absolute Gasteiger partial charge is 0.508 e. The third kappa shape index (κ3) is 8.21. The molecule has 300 valence electrons. The molecular weight excluding hydrogens is 748 g/mol. The Bertz CT molecular complexity index is 2120. The molecule has 3 aromatic carbocycles. The molecule has 0 aliphatic carbocycles. The molecule has 0 unspecified atom stereocenters. The molecule has 0 saturated carbocycles. The Morgan fingerprint density at radius 3 is 2.18 bits per heavy atom. The lowest BCUT2D eigenvalue weighted by atomic mass is 9.98. The number of fused-ring (bicyclic) bond motifs is 1. The smallest absolute Gasteiger partial charge is 0.331 e. The van der Waals surface area contributed by atoms with Gasteiger partial charge in [-0.25, -0.2) is 4.79 Å². The van der Waals surface area contributed by atoms with Crippen molar-refractivity contribution in [2.24, 2.45) is 0 Å². The predicted molar refractivity (Wildman–Crippen MR) is 188 cm³/mol. The summed E-state index contributed by atoms with van der Waals surface area (Å²) in [6.07, 6.45) is -15.7. The van der Waals surface area contributed by atoms with Gasteiger partial charge in [0.15, 0.2) is 29.7 Å². The van der Waals surface area contributed by atoms with Gasteiger partial charge in [-0.3, -0.25) is 4.79 Å². The van der Waals surface area contributed by atoms with Crippen molar-refractivity contribution < 1.29 is 88.7 Å². The molecular formula is C37H38O19. The summed E-state index contributed by atoms with van der Waals surface area (Å²) in [7, 11) is 1.33. The lowest BCUT2D eigenvalue weighted by Crippen LogP contribution is -2.62. The normalized spacial score (nSPS) is 28.0. The number of ether oxygens (including phenoxy) is 6. The highest BCUT2D eigenvalue weighted by atomic mass is 16.7. The molecule has 10 atom stereocenters. The summed E-state index contributed by atoms with van der Waals surface area (Å²) in [5.41, 5.74) is -0.698. The Morgan fingerprint density at radius 2 is 1.48 bits per heavy atom. The summed E-state index contributed by atoms with van der Waals surface area (Å²) in [4.78, 5) is 26.6. The number of phenolic OH excluding ortho intramolecular Hbond substituents is 4. The maximum absolute atomic E-state index is 13.8. The van der Waals surface area contributed by atoms with Gasteiger partial charge in [0.1, 0.15) is 70.9 Å². The minimum absolute atomic E-state index is 0.125. The predicted octanol–water partition coefficient (Wildman–Crippen LogP) is -0.442. The lowest BCUT2D eigenvalue weighted by molar-refractivity contribution is -0.324. The van der Waals surface area contributed by atoms with E-state index in [0.717, 1.165) is 18.2 Å². The quantitative estimate of drug-likeness (QED) is 0.0680. The zero-order chi connectivity index (χ0) is 40.4. The average molecular weight is 787 g/mol. The van der Waals surface area contributed by atoms with E-state index in [-0.39, 0.29) is 34.2 Å². The number of aromatic hydroxyl groups is 4. The fourth-order valence-electron chi connectivity index (χ4n) is 6.09. The molecule has 0 amide bonds. The van der Waals surface area contributed by atoms with Crippen molar-refractivity contribution in [2.75, 3.05) is 20.3 Å². The Morgan fingerprint density at radius 1 is 0.786 bits per heavy atom. The maximum atomic E-state index is 13.8. The molecule has 0 spiro atoms. The van der Waals surface area contributed by atoms with Gasteiger partial charge >= 0.3 is 5.97 Å². The van der Waals surface area contributed by atoms with Crippen molar-refractivity contribution >= 4 is 23.0 Å². The highest BCUT2D eigenvalue weighted by Crippen LogP contribution is 2.38. The lowest BCUT2D eigenvalue weighted by Gasteiger charge is -2.43. The Kier molecular flexibility index (Phi) is 12.0. The zero-order valence-electron chi connectivity index (χ0n) is 29.2. The van der Waals surface area contributed by atoms with Gasteiger partial charge < -0.3 is 83.9 Å². The van der Waals surface area contributed by atoms with E-state index in [2.05, 4.69) is 0 Å². The molecule has 0 bridgehead atoms. The van der Waals surface area contributed by atoms with Gasteiger partial charge in [-0.15, -0.1) is 0 Å². The first kappa shape index (κ1) is 40.2. The summed E-state index contributed by atoms with van der Waals surface area (Å²) in [5, 5.41) is 103. The second-order valence-corrected chi connectivity index (χ2v) is 12.8. The number of aliphatic hydroxyl groups excluding tert-OH is 6. The third-order valence-electron chi connectivity index (χ3n) is 9.07. The van der Waals surface area contributed by atoms with Crippen LogP contribution in [0.4, 0.5) is 0 Å². The number of rotatable bonds is 11. The number of hydrogen-bond acceptors (Lipinski definition) is 19. The van der Waals surface area contributed by atoms with E-state index in [1.807, 2.05) is 0 Å². The Balaban J connectivity index is 1.24. The standard InChI is InChI=1S/C37H38O19/c1-50-21-10-15(2-8-19(21)41)3-9-25(43)55-35-31(48)27(44)23(13-38)53-37(35)51-14-24-28(45)30(47)32(49)36(54-24)56-34-29(46)26-20(42)11-18(40)12-22(26)52-33(34)16-4-6-17(39)7-5-16/h2-12,23-24,27-28,30-32,35-42,44-45,47-49H,13-14H2,1H3/t23-,24-,27-,28-,30+,31+,32-,35-,36+,37-/m1/s1. The maximum Gasteiger partial charge on any atom is 0.331 e. The number of phenols is 4. The molecule has 1 aromatic heterocycles. The highest BCUT2D eigenvalue weighted by molar-refractivity contribution is 5.88. The van der Waals surface area contributed by atoms with Crippen molar-refractivity contribution in [3.05, 3.63) is 76.5 Å². The van der Waals surface area contributed by atoms with E-state index < -0.39 is 109 Å². The number of hydrogen-bond donors (Lipinski definition) is 10. The minimum Gasteiger partial charge on any atom is -0.508 e. The Labute approximate surface area is 315 Å². The van der Waals surface area contributed by atoms with Crippen molar-refractivity contribution in [2.45, 2.75) is 61.4 Å². The van der Waals surface area contributed by atoms with Crippen molar-refractivity contribution in [3.63, 3.8) is 0 Å². The molecule has 3 heterocycles. The van der Waals surface area contributed by atoms with Gasteiger partial charge in [0, 0.05) is 23.8 Å². The molecule has 2 saturated heterocycles. The summed E-state index contributed by atoms with van der Waals surface area (Å²) in [6.45, 7) is -1.55. The first-order valence-corrected chi connectivity index (χ1v) is 16.9. The van der Waals surface area contributed by atoms with Crippen LogP contribution >= 0.6 is 0 Å². The number of aliphatic hydroxyl groups is 6. The van der Waals surface area contributed by atoms with Crippen LogP contribution < -0.4 is 14.9 Å². The minimum atomic E-state index is -2.02. The summed E-state index contributed by atoms with van der Waals surface area (Å²) in [5.74, 6) is -3.29. The van der Waals surface area contributed by atoms with E-state index in [1.54, 1.807) is 0 Å². The van der Waals surface area contributed by atoms with Crippen LogP contribution in [-0.2, 0) is 23.7 Å². The molecule has 2 aliphatic heterocycles. The number of methoxy groups -OCH3 is 1.